The number of aliphatic hydroxyl groups excluding tert-OH is 1. The maximum Gasteiger partial charge on any atom is 0.209 e. The summed E-state index contributed by atoms with van der Waals surface area (Å²) in [7, 11) is 0. The first-order valence-corrected chi connectivity index (χ1v) is 5.74. The first kappa shape index (κ1) is 12.6. The molecule has 2 heterocycles. The van der Waals surface area contributed by atoms with E-state index >= 15 is 0 Å². The zero-order chi connectivity index (χ0) is 11.8. The standard InChI is InChI=1S/C14H13NO2.C/c16-13-8-9-15-11(13)6-7-12(15)14(17)10-4-2-1-3-5-10;/h1-7,13,16H,8-9H2;/t13-;/m1./s1. The summed E-state index contributed by atoms with van der Waals surface area (Å²) in [6.45, 7) is 0.720. The lowest BCUT2D eigenvalue weighted by atomic mass is 10.1. The Morgan fingerprint density at radius 2 is 1.89 bits per heavy atom. The van der Waals surface area contributed by atoms with Gasteiger partial charge in [0, 0.05) is 25.2 Å². The number of nitrogens with zero attached hydrogens (tertiary/aromatic N) is 1. The summed E-state index contributed by atoms with van der Waals surface area (Å²) < 4.78 is 1.92. The van der Waals surface area contributed by atoms with Gasteiger partial charge < -0.3 is 9.67 Å². The molecule has 0 amide bonds. The van der Waals surface area contributed by atoms with Crippen LogP contribution in [0.2, 0.25) is 0 Å². The SMILES string of the molecule is O=C(c1ccccc1)c1ccc2n1CC[C@H]2O.[C]. The van der Waals surface area contributed by atoms with Gasteiger partial charge in [-0.25, -0.2) is 0 Å². The van der Waals surface area contributed by atoms with E-state index < -0.39 is 6.10 Å². The third-order valence-electron chi connectivity index (χ3n) is 3.25. The minimum absolute atomic E-state index is 0. The van der Waals surface area contributed by atoms with Gasteiger partial charge in [-0.3, -0.25) is 4.79 Å². The number of benzene rings is 1. The van der Waals surface area contributed by atoms with Gasteiger partial charge in [0.25, 0.3) is 0 Å². The molecule has 0 unspecified atom stereocenters. The molecular weight excluding hydrogens is 226 g/mol. The molecule has 1 aliphatic rings. The van der Waals surface area contributed by atoms with E-state index in [1.165, 1.54) is 0 Å². The topological polar surface area (TPSA) is 42.2 Å². The molecule has 1 N–H and O–H groups in total. The van der Waals surface area contributed by atoms with E-state index in [4.69, 9.17) is 0 Å². The van der Waals surface area contributed by atoms with Crippen LogP contribution in [-0.2, 0) is 6.54 Å². The Morgan fingerprint density at radius 1 is 1.17 bits per heavy atom. The van der Waals surface area contributed by atoms with Crippen LogP contribution in [0.4, 0.5) is 0 Å². The fourth-order valence-electron chi connectivity index (χ4n) is 2.36. The molecule has 0 spiro atoms. The average molecular weight is 239 g/mol. The van der Waals surface area contributed by atoms with Crippen molar-refractivity contribution in [2.45, 2.75) is 19.1 Å². The molecule has 90 valence electrons. The first-order valence-electron chi connectivity index (χ1n) is 5.74. The second-order valence-corrected chi connectivity index (χ2v) is 4.29. The van der Waals surface area contributed by atoms with Gasteiger partial charge in [0.1, 0.15) is 0 Å². The molecule has 1 aliphatic heterocycles. The van der Waals surface area contributed by atoms with E-state index in [9.17, 15) is 9.90 Å². The molecule has 3 rings (SSSR count). The Morgan fingerprint density at radius 3 is 2.61 bits per heavy atom. The smallest absolute Gasteiger partial charge is 0.209 e. The Balaban J connectivity index is 0.00000120. The van der Waals surface area contributed by atoms with E-state index in [1.807, 2.05) is 41.0 Å². The highest BCUT2D eigenvalue weighted by Crippen LogP contribution is 2.28. The lowest BCUT2D eigenvalue weighted by molar-refractivity contribution is 0.103. The first-order chi connectivity index (χ1) is 8.27. The molecule has 1 aromatic heterocycles. The Bertz CT molecular complexity index is 557. The molecule has 0 aliphatic carbocycles. The summed E-state index contributed by atoms with van der Waals surface area (Å²) in [6.07, 6.45) is 0.276. The fourth-order valence-corrected chi connectivity index (χ4v) is 2.36. The highest BCUT2D eigenvalue weighted by atomic mass is 16.3. The molecule has 18 heavy (non-hydrogen) atoms. The minimum atomic E-state index is -0.424. The van der Waals surface area contributed by atoms with Crippen molar-refractivity contribution in [3.05, 3.63) is 66.8 Å². The molecule has 3 heteroatoms. The highest BCUT2D eigenvalue weighted by Gasteiger charge is 2.25. The largest absolute Gasteiger partial charge is 0.387 e. The number of hydrogen-bond donors (Lipinski definition) is 1. The van der Waals surface area contributed by atoms with Crippen molar-refractivity contribution in [2.75, 3.05) is 0 Å². The summed E-state index contributed by atoms with van der Waals surface area (Å²) in [6, 6.07) is 12.9. The lowest BCUT2D eigenvalue weighted by Crippen LogP contribution is -2.08. The van der Waals surface area contributed by atoms with Gasteiger partial charge in [0.15, 0.2) is 0 Å². The number of hydrogen-bond acceptors (Lipinski definition) is 2. The van der Waals surface area contributed by atoms with E-state index in [2.05, 4.69) is 0 Å². The van der Waals surface area contributed by atoms with E-state index in [-0.39, 0.29) is 13.2 Å². The van der Waals surface area contributed by atoms with Crippen LogP contribution in [0.3, 0.4) is 0 Å². The van der Waals surface area contributed by atoms with Crippen LogP contribution in [-0.4, -0.2) is 15.5 Å². The van der Waals surface area contributed by atoms with Crippen LogP contribution >= 0.6 is 0 Å². The van der Waals surface area contributed by atoms with Crippen molar-refractivity contribution < 1.29 is 9.90 Å². The molecule has 0 saturated heterocycles. The maximum atomic E-state index is 12.3. The van der Waals surface area contributed by atoms with Gasteiger partial charge in [-0.2, -0.15) is 0 Å². The van der Waals surface area contributed by atoms with Crippen molar-refractivity contribution >= 4 is 5.78 Å². The second-order valence-electron chi connectivity index (χ2n) is 4.29. The maximum absolute atomic E-state index is 12.3. The number of aliphatic hydroxyl groups is 1. The van der Waals surface area contributed by atoms with Gasteiger partial charge in [-0.1, -0.05) is 30.3 Å². The Labute approximate surface area is 107 Å². The summed E-state index contributed by atoms with van der Waals surface area (Å²) in [4.78, 5) is 12.3. The van der Waals surface area contributed by atoms with E-state index in [0.29, 0.717) is 17.7 Å². The molecule has 3 nitrogen and oxygen atoms in total. The van der Waals surface area contributed by atoms with Gasteiger partial charge in [0.2, 0.25) is 5.78 Å². The predicted octanol–water partition coefficient (Wildman–Crippen LogP) is 2.24. The molecule has 4 radical (unpaired) electrons. The van der Waals surface area contributed by atoms with Crippen molar-refractivity contribution in [2.24, 2.45) is 0 Å². The van der Waals surface area contributed by atoms with E-state index in [1.54, 1.807) is 6.07 Å². The van der Waals surface area contributed by atoms with Gasteiger partial charge in [-0.15, -0.1) is 0 Å². The normalized spacial score (nSPS) is 17.1. The molecule has 1 aromatic carbocycles. The van der Waals surface area contributed by atoms with Crippen LogP contribution < -0.4 is 0 Å². The van der Waals surface area contributed by atoms with Crippen LogP contribution in [0.1, 0.15) is 34.3 Å². The quantitative estimate of drug-likeness (QED) is 0.817. The number of ketones is 1. The third kappa shape index (κ3) is 1.87. The van der Waals surface area contributed by atoms with Crippen LogP contribution in [0, 0.1) is 7.43 Å². The fraction of sp³-hybridized carbons (Fsp3) is 0.200. The van der Waals surface area contributed by atoms with Gasteiger partial charge >= 0.3 is 0 Å². The van der Waals surface area contributed by atoms with E-state index in [0.717, 1.165) is 12.2 Å². The lowest BCUT2D eigenvalue weighted by Gasteiger charge is -2.05. The van der Waals surface area contributed by atoms with Crippen molar-refractivity contribution in [1.82, 2.24) is 4.57 Å². The number of aromatic nitrogens is 1. The molecule has 0 saturated carbocycles. The average Bonchev–Trinajstić information content (AvgIpc) is 2.93. The molecular formula is C15H13NO2. The molecule has 1 atom stereocenters. The number of fused-ring (bicyclic) bond motifs is 1. The Hall–Kier alpha value is -1.87. The summed E-state index contributed by atoms with van der Waals surface area (Å²) >= 11 is 0. The van der Waals surface area contributed by atoms with Crippen LogP contribution in [0.5, 0.6) is 0 Å². The van der Waals surface area contributed by atoms with Gasteiger partial charge in [0.05, 0.1) is 11.8 Å². The number of rotatable bonds is 2. The molecule has 0 bridgehead atoms. The van der Waals surface area contributed by atoms with Crippen LogP contribution in [0.15, 0.2) is 42.5 Å². The van der Waals surface area contributed by atoms with Crippen molar-refractivity contribution in [3.63, 3.8) is 0 Å². The van der Waals surface area contributed by atoms with Crippen molar-refractivity contribution in [1.29, 1.82) is 0 Å². The van der Waals surface area contributed by atoms with Crippen LogP contribution in [0.25, 0.3) is 0 Å². The zero-order valence-corrected chi connectivity index (χ0v) is 9.84. The highest BCUT2D eigenvalue weighted by molar-refractivity contribution is 6.08. The summed E-state index contributed by atoms with van der Waals surface area (Å²) in [5.41, 5.74) is 2.21. The Kier molecular flexibility index (Phi) is 3.34. The zero-order valence-electron chi connectivity index (χ0n) is 9.84. The summed E-state index contributed by atoms with van der Waals surface area (Å²) in [5.74, 6) is 0.0194. The summed E-state index contributed by atoms with van der Waals surface area (Å²) in [5, 5.41) is 9.71. The second kappa shape index (κ2) is 4.78. The monoisotopic (exact) mass is 239 g/mol. The van der Waals surface area contributed by atoms with Gasteiger partial charge in [-0.05, 0) is 18.6 Å². The molecule has 2 aromatic rings. The predicted molar refractivity (Wildman–Crippen MR) is 67.1 cm³/mol. The molecule has 0 fully saturated rings. The minimum Gasteiger partial charge on any atom is -0.387 e. The third-order valence-corrected chi connectivity index (χ3v) is 3.25. The number of carbonyl (C=O) groups excluding carboxylic acids is 1. The van der Waals surface area contributed by atoms with Crippen molar-refractivity contribution in [3.8, 4) is 0 Å². The number of carbonyl (C=O) groups is 1.